The lowest BCUT2D eigenvalue weighted by Gasteiger charge is -2.23. The van der Waals surface area contributed by atoms with E-state index in [1.807, 2.05) is 0 Å². The summed E-state index contributed by atoms with van der Waals surface area (Å²) in [7, 11) is 0. The monoisotopic (exact) mass is 451 g/mol. The van der Waals surface area contributed by atoms with Crippen LogP contribution >= 0.6 is 11.8 Å². The molecule has 0 aromatic heterocycles. The van der Waals surface area contributed by atoms with Crippen LogP contribution in [-0.2, 0) is 16.1 Å². The normalized spacial score (nSPS) is 14.2. The molecule has 1 unspecified atom stereocenters. The summed E-state index contributed by atoms with van der Waals surface area (Å²) < 4.78 is 41.1. The van der Waals surface area contributed by atoms with Crippen LogP contribution in [-0.4, -0.2) is 29.4 Å². The molecule has 0 bridgehead atoms. The Labute approximate surface area is 184 Å². The number of carbonyl (C=O) groups excluding carboxylic acids is 1. The zero-order chi connectivity index (χ0) is 22.5. The Bertz CT molecular complexity index is 929. The Morgan fingerprint density at radius 2 is 1.87 bits per heavy atom. The molecule has 1 atom stereocenters. The highest BCUT2D eigenvalue weighted by Gasteiger charge is 2.32. The molecule has 1 aliphatic carbocycles. The molecule has 2 aromatic rings. The maximum absolute atomic E-state index is 14.7. The first-order valence-corrected chi connectivity index (χ1v) is 10.3. The van der Waals surface area contributed by atoms with Gasteiger partial charge in [0.25, 0.3) is 5.91 Å². The number of halogens is 3. The zero-order valence-electron chi connectivity index (χ0n) is 17.0. The molecule has 31 heavy (non-hydrogen) atoms. The molecule has 1 aliphatic rings. The number of nitrogens with one attached hydrogen (secondary N) is 1. The maximum Gasteiger partial charge on any atom is 0.271 e. The van der Waals surface area contributed by atoms with Crippen LogP contribution in [0.2, 0.25) is 0 Å². The summed E-state index contributed by atoms with van der Waals surface area (Å²) in [5.74, 6) is -2.26. The van der Waals surface area contributed by atoms with Gasteiger partial charge in [-0.3, -0.25) is 10.2 Å². The predicted molar refractivity (Wildman–Crippen MR) is 113 cm³/mol. The van der Waals surface area contributed by atoms with Gasteiger partial charge < -0.3 is 15.2 Å². The summed E-state index contributed by atoms with van der Waals surface area (Å²) >= 11 is 6.14. The third-order valence-corrected chi connectivity index (χ3v) is 5.17. The number of carbonyl (C=O) groups is 1. The van der Waals surface area contributed by atoms with E-state index in [4.69, 9.17) is 32.4 Å². The molecular weight excluding hydrogens is 428 g/mol. The summed E-state index contributed by atoms with van der Waals surface area (Å²) in [4.78, 5) is 12.9. The Morgan fingerprint density at radius 1 is 1.26 bits per heavy atom. The summed E-state index contributed by atoms with van der Waals surface area (Å²) in [6.45, 7) is 2.04. The Hall–Kier alpha value is -2.71. The van der Waals surface area contributed by atoms with Crippen LogP contribution < -0.4 is 10.5 Å². The van der Waals surface area contributed by atoms with Crippen LogP contribution in [0.3, 0.4) is 0 Å². The smallest absolute Gasteiger partial charge is 0.271 e. The van der Waals surface area contributed by atoms with Gasteiger partial charge in [-0.2, -0.15) is 0 Å². The number of nitrogen functional groups attached to an aromatic ring is 1. The van der Waals surface area contributed by atoms with Gasteiger partial charge >= 0.3 is 0 Å². The van der Waals surface area contributed by atoms with Crippen molar-refractivity contribution in [3.05, 3.63) is 64.7 Å². The molecule has 9 heteroatoms. The van der Waals surface area contributed by atoms with Gasteiger partial charge in [0.1, 0.15) is 23.2 Å². The van der Waals surface area contributed by atoms with E-state index in [2.05, 4.69) is 0 Å². The first-order valence-electron chi connectivity index (χ1n) is 9.94. The Balaban J connectivity index is 1.76. The number of rotatable bonds is 10. The Morgan fingerprint density at radius 3 is 2.39 bits per heavy atom. The minimum atomic E-state index is -1.54. The lowest BCUT2D eigenvalue weighted by Crippen LogP contribution is -2.30. The van der Waals surface area contributed by atoms with E-state index >= 15 is 0 Å². The van der Waals surface area contributed by atoms with E-state index < -0.39 is 29.2 Å². The molecule has 3 N–H and O–H groups in total. The van der Waals surface area contributed by atoms with Crippen molar-refractivity contribution in [2.45, 2.75) is 32.4 Å². The average Bonchev–Trinajstić information content (AvgIpc) is 3.55. The highest BCUT2D eigenvalue weighted by Crippen LogP contribution is 2.33. The number of amides is 1. The van der Waals surface area contributed by atoms with Crippen molar-refractivity contribution in [3.63, 3.8) is 0 Å². The highest BCUT2D eigenvalue weighted by molar-refractivity contribution is 6.21. The molecule has 2 aromatic carbocycles. The topological polar surface area (TPSA) is 88.6 Å². The first kappa shape index (κ1) is 23.0. The molecule has 166 valence electrons. The highest BCUT2D eigenvalue weighted by atomic mass is 35.5. The lowest BCUT2D eigenvalue weighted by atomic mass is 10.1. The number of ether oxygens (including phenoxy) is 2. The Kier molecular flexibility index (Phi) is 7.46. The zero-order valence-corrected chi connectivity index (χ0v) is 17.8. The summed E-state index contributed by atoms with van der Waals surface area (Å²) in [5.41, 5.74) is 6.08. The molecule has 0 radical (unpaired) electrons. The predicted octanol–water partition coefficient (Wildman–Crippen LogP) is 4.30. The third kappa shape index (κ3) is 5.92. The fraction of sp³-hybridized carbons (Fsp3) is 0.364. The van der Waals surface area contributed by atoms with Crippen LogP contribution in [0.1, 0.15) is 42.6 Å². The van der Waals surface area contributed by atoms with E-state index in [0.717, 1.165) is 29.4 Å². The largest absolute Gasteiger partial charge is 0.493 e. The molecule has 0 aliphatic heterocycles. The number of nitrogens with two attached hydrogens (primary N) is 1. The summed E-state index contributed by atoms with van der Waals surface area (Å²) in [6, 6.07) is 8.65. The molecule has 0 spiro atoms. The maximum atomic E-state index is 14.7. The second-order valence-corrected chi connectivity index (χ2v) is 7.77. The van der Waals surface area contributed by atoms with Gasteiger partial charge in [-0.1, -0.05) is 24.3 Å². The third-order valence-electron chi connectivity index (χ3n) is 4.88. The van der Waals surface area contributed by atoms with Gasteiger partial charge in [0.05, 0.1) is 18.7 Å². The standard InChI is InChI=1S/C22H24ClF2N3O3/c1-2-30-20(19-17(24)9-16(10-18(19)25)31-12-14-3-4-14)22(29)28(23)11-13-5-7-15(8-6-13)21(26)27/h5-10,14,20H,2-4,11-12H2,1H3,(H3,26,27). The first-order chi connectivity index (χ1) is 14.8. The van der Waals surface area contributed by atoms with Crippen molar-refractivity contribution in [3.8, 4) is 5.75 Å². The van der Waals surface area contributed by atoms with Crippen LogP contribution in [0.25, 0.3) is 0 Å². The van der Waals surface area contributed by atoms with Crippen molar-refractivity contribution in [1.29, 1.82) is 5.41 Å². The average molecular weight is 452 g/mol. The van der Waals surface area contributed by atoms with Crippen LogP contribution in [0.5, 0.6) is 5.75 Å². The molecule has 0 heterocycles. The minimum absolute atomic E-state index is 0.0338. The molecule has 6 nitrogen and oxygen atoms in total. The second-order valence-electron chi connectivity index (χ2n) is 7.36. The number of hydrogen-bond donors (Lipinski definition) is 2. The SMILES string of the molecule is CCOC(C(=O)N(Cl)Cc1ccc(C(=N)N)cc1)c1c(F)cc(OCC2CC2)cc1F. The van der Waals surface area contributed by atoms with Crippen molar-refractivity contribution < 1.29 is 23.0 Å². The van der Waals surface area contributed by atoms with Crippen LogP contribution in [0, 0.1) is 23.0 Å². The van der Waals surface area contributed by atoms with E-state index in [9.17, 15) is 13.6 Å². The van der Waals surface area contributed by atoms with E-state index in [0.29, 0.717) is 23.7 Å². The lowest BCUT2D eigenvalue weighted by molar-refractivity contribution is -0.139. The van der Waals surface area contributed by atoms with Gasteiger partial charge in [-0.25, -0.2) is 13.2 Å². The number of nitrogens with zero attached hydrogens (tertiary/aromatic N) is 1. The van der Waals surface area contributed by atoms with E-state index in [1.54, 1.807) is 31.2 Å². The summed E-state index contributed by atoms with van der Waals surface area (Å²) in [5, 5.41) is 7.41. The molecule has 1 fully saturated rings. The van der Waals surface area contributed by atoms with Crippen molar-refractivity contribution in [2.24, 2.45) is 11.7 Å². The number of amidine groups is 1. The van der Waals surface area contributed by atoms with Gasteiger partial charge in [-0.05, 0) is 31.2 Å². The van der Waals surface area contributed by atoms with Gasteiger partial charge in [0, 0.05) is 36.1 Å². The molecule has 1 amide bonds. The van der Waals surface area contributed by atoms with Crippen molar-refractivity contribution in [2.75, 3.05) is 13.2 Å². The van der Waals surface area contributed by atoms with Crippen LogP contribution in [0.15, 0.2) is 36.4 Å². The van der Waals surface area contributed by atoms with E-state index in [-0.39, 0.29) is 24.7 Å². The second kappa shape index (κ2) is 10.1. The van der Waals surface area contributed by atoms with Crippen molar-refractivity contribution >= 4 is 23.5 Å². The minimum Gasteiger partial charge on any atom is -0.493 e. The quantitative estimate of drug-likeness (QED) is 0.320. The van der Waals surface area contributed by atoms with Crippen LogP contribution in [0.4, 0.5) is 8.78 Å². The molecule has 3 rings (SSSR count). The molecule has 0 saturated heterocycles. The van der Waals surface area contributed by atoms with Crippen molar-refractivity contribution in [1.82, 2.24) is 4.42 Å². The number of benzene rings is 2. The number of hydrogen-bond acceptors (Lipinski definition) is 4. The van der Waals surface area contributed by atoms with E-state index in [1.165, 1.54) is 0 Å². The fourth-order valence-electron chi connectivity index (χ4n) is 2.99. The molecule has 1 saturated carbocycles. The van der Waals surface area contributed by atoms with Gasteiger partial charge in [0.15, 0.2) is 6.10 Å². The summed E-state index contributed by atoms with van der Waals surface area (Å²) in [6.07, 6.45) is 0.552. The fourth-order valence-corrected chi connectivity index (χ4v) is 3.22. The van der Waals surface area contributed by atoms with Gasteiger partial charge in [0.2, 0.25) is 0 Å². The van der Waals surface area contributed by atoms with Gasteiger partial charge in [-0.15, -0.1) is 0 Å². The molecular formula is C22H24ClF2N3O3.